The Hall–Kier alpha value is -2.07. The molecular formula is C17H22F3N5O2. The maximum absolute atomic E-state index is 14.3. The number of aromatic nitrogens is 3. The minimum absolute atomic E-state index is 0.115. The fourth-order valence-electron chi connectivity index (χ4n) is 3.77. The molecule has 0 bridgehead atoms. The molecule has 0 amide bonds. The van der Waals surface area contributed by atoms with Gasteiger partial charge in [-0.3, -0.25) is 0 Å². The summed E-state index contributed by atoms with van der Waals surface area (Å²) < 4.78 is 46.2. The first-order valence-electron chi connectivity index (χ1n) is 9.11. The van der Waals surface area contributed by atoms with Gasteiger partial charge in [-0.2, -0.15) is 0 Å². The highest BCUT2D eigenvalue weighted by Crippen LogP contribution is 2.30. The number of aliphatic hydroxyl groups excluding tert-OH is 1. The Morgan fingerprint density at radius 3 is 3.00 bits per heavy atom. The lowest BCUT2D eigenvalue weighted by Crippen LogP contribution is -2.42. The minimum atomic E-state index is -2.33. The second kappa shape index (κ2) is 7.51. The molecule has 2 aliphatic heterocycles. The molecule has 0 aliphatic carbocycles. The van der Waals surface area contributed by atoms with Crippen LogP contribution >= 0.6 is 0 Å². The highest BCUT2D eigenvalue weighted by atomic mass is 19.3. The normalized spacial score (nSPS) is 26.3. The summed E-state index contributed by atoms with van der Waals surface area (Å²) in [7, 11) is 0. The summed E-state index contributed by atoms with van der Waals surface area (Å²) in [5, 5.41) is 17.4. The molecule has 0 saturated carbocycles. The van der Waals surface area contributed by atoms with Crippen molar-refractivity contribution in [3.63, 3.8) is 0 Å². The van der Waals surface area contributed by atoms with Crippen LogP contribution in [0.1, 0.15) is 19.3 Å². The Kier molecular flexibility index (Phi) is 5.09. The Balaban J connectivity index is 1.56. The molecule has 4 heterocycles. The average molecular weight is 385 g/mol. The van der Waals surface area contributed by atoms with E-state index >= 15 is 0 Å². The van der Waals surface area contributed by atoms with Gasteiger partial charge in [0.15, 0.2) is 5.82 Å². The molecule has 4 rings (SSSR count). The Morgan fingerprint density at radius 2 is 2.22 bits per heavy atom. The second-order valence-electron chi connectivity index (χ2n) is 7.14. The van der Waals surface area contributed by atoms with Gasteiger partial charge in [0.25, 0.3) is 0 Å². The molecule has 0 radical (unpaired) electrons. The molecule has 2 aromatic heterocycles. The van der Waals surface area contributed by atoms with E-state index in [4.69, 9.17) is 4.74 Å². The minimum Gasteiger partial charge on any atom is -0.389 e. The van der Waals surface area contributed by atoms with Crippen LogP contribution in [-0.4, -0.2) is 64.6 Å². The molecule has 2 fully saturated rings. The van der Waals surface area contributed by atoms with Crippen molar-refractivity contribution in [3.05, 3.63) is 18.1 Å². The summed E-state index contributed by atoms with van der Waals surface area (Å²) in [6.07, 6.45) is -0.522. The summed E-state index contributed by atoms with van der Waals surface area (Å²) in [5.41, 5.74) is 0.223. The maximum Gasteiger partial charge on any atom is 0.241 e. The summed E-state index contributed by atoms with van der Waals surface area (Å²) in [4.78, 5) is 6.02. The standard InChI is InChI=1S/C17H22F3N5O2/c18-11-6-16(24-3-1-10(8-24)5-15(19)20)25-13(11)7-21-17(23-25)22-12-2-4-27-9-14(12)26/h6-7,10,12,14-15,26H,1-5,8-9H2,(H,22,23)/t10-,12+,14+/m0/s1. The van der Waals surface area contributed by atoms with E-state index in [1.165, 1.54) is 16.8 Å². The lowest BCUT2D eigenvalue weighted by molar-refractivity contribution is -0.0136. The summed E-state index contributed by atoms with van der Waals surface area (Å²) >= 11 is 0. The quantitative estimate of drug-likeness (QED) is 0.819. The van der Waals surface area contributed by atoms with Crippen LogP contribution in [0.3, 0.4) is 0 Å². The molecule has 2 N–H and O–H groups in total. The van der Waals surface area contributed by atoms with Gasteiger partial charge in [-0.1, -0.05) is 0 Å². The monoisotopic (exact) mass is 385 g/mol. The van der Waals surface area contributed by atoms with E-state index in [9.17, 15) is 18.3 Å². The van der Waals surface area contributed by atoms with Crippen molar-refractivity contribution < 1.29 is 23.0 Å². The Morgan fingerprint density at radius 1 is 1.37 bits per heavy atom. The van der Waals surface area contributed by atoms with Crippen LogP contribution in [0.15, 0.2) is 12.3 Å². The summed E-state index contributed by atoms with van der Waals surface area (Å²) in [6.45, 7) is 1.79. The van der Waals surface area contributed by atoms with Crippen molar-refractivity contribution in [3.8, 4) is 0 Å². The lowest BCUT2D eigenvalue weighted by atomic mass is 10.1. The van der Waals surface area contributed by atoms with E-state index in [0.717, 1.165) is 0 Å². The first kappa shape index (κ1) is 18.3. The number of aliphatic hydroxyl groups is 1. The van der Waals surface area contributed by atoms with Gasteiger partial charge >= 0.3 is 0 Å². The maximum atomic E-state index is 14.3. The lowest BCUT2D eigenvalue weighted by Gasteiger charge is -2.28. The molecule has 0 spiro atoms. The van der Waals surface area contributed by atoms with Gasteiger partial charge in [0.1, 0.15) is 11.3 Å². The number of hydrogen-bond donors (Lipinski definition) is 2. The van der Waals surface area contributed by atoms with E-state index in [1.54, 1.807) is 0 Å². The van der Waals surface area contributed by atoms with Gasteiger partial charge in [0.05, 0.1) is 24.9 Å². The Labute approximate surface area is 154 Å². The van der Waals surface area contributed by atoms with Gasteiger partial charge in [0.2, 0.25) is 12.4 Å². The number of ether oxygens (including phenoxy) is 1. The van der Waals surface area contributed by atoms with Gasteiger partial charge in [-0.15, -0.1) is 5.10 Å². The molecule has 148 valence electrons. The van der Waals surface area contributed by atoms with E-state index in [-0.39, 0.29) is 36.5 Å². The number of anilines is 2. The Bertz CT molecular complexity index is 802. The van der Waals surface area contributed by atoms with Crippen molar-refractivity contribution >= 4 is 17.3 Å². The first-order valence-corrected chi connectivity index (χ1v) is 9.11. The zero-order valence-electron chi connectivity index (χ0n) is 14.7. The van der Waals surface area contributed by atoms with Crippen molar-refractivity contribution in [2.75, 3.05) is 36.5 Å². The van der Waals surface area contributed by atoms with Gasteiger partial charge in [-0.25, -0.2) is 22.7 Å². The highest BCUT2D eigenvalue weighted by Gasteiger charge is 2.29. The van der Waals surface area contributed by atoms with Crippen LogP contribution in [0, 0.1) is 11.7 Å². The zero-order valence-corrected chi connectivity index (χ0v) is 14.7. The molecule has 3 atom stereocenters. The third-order valence-corrected chi connectivity index (χ3v) is 5.21. The highest BCUT2D eigenvalue weighted by molar-refractivity contribution is 5.59. The third-order valence-electron chi connectivity index (χ3n) is 5.21. The number of nitrogens with zero attached hydrogens (tertiary/aromatic N) is 4. The number of alkyl halides is 2. The van der Waals surface area contributed by atoms with Crippen molar-refractivity contribution in [1.82, 2.24) is 14.6 Å². The van der Waals surface area contributed by atoms with Crippen LogP contribution in [0.5, 0.6) is 0 Å². The molecule has 27 heavy (non-hydrogen) atoms. The predicted molar refractivity (Wildman–Crippen MR) is 92.7 cm³/mol. The van der Waals surface area contributed by atoms with Gasteiger partial charge < -0.3 is 20.1 Å². The second-order valence-corrected chi connectivity index (χ2v) is 7.14. The predicted octanol–water partition coefficient (Wildman–Crippen LogP) is 1.91. The van der Waals surface area contributed by atoms with E-state index in [0.29, 0.717) is 38.4 Å². The fraction of sp³-hybridized carbons (Fsp3) is 0.647. The van der Waals surface area contributed by atoms with Crippen LogP contribution in [0.25, 0.3) is 5.52 Å². The van der Waals surface area contributed by atoms with Crippen molar-refractivity contribution in [2.24, 2.45) is 5.92 Å². The van der Waals surface area contributed by atoms with Crippen LogP contribution in [0.4, 0.5) is 24.9 Å². The number of nitrogens with one attached hydrogen (secondary N) is 1. The SMILES string of the molecule is O[C@@H]1COCC[C@H]1Nc1ncc2c(F)cc(N3CC[C@@H](CC(F)F)C3)n2n1. The fourth-order valence-corrected chi connectivity index (χ4v) is 3.77. The molecule has 2 aliphatic rings. The van der Waals surface area contributed by atoms with Gasteiger partial charge in [-0.05, 0) is 18.8 Å². The van der Waals surface area contributed by atoms with Crippen LogP contribution in [0.2, 0.25) is 0 Å². The molecule has 2 saturated heterocycles. The summed E-state index contributed by atoms with van der Waals surface area (Å²) in [6, 6.07) is 1.12. The summed E-state index contributed by atoms with van der Waals surface area (Å²) in [5.74, 6) is 0.223. The zero-order chi connectivity index (χ0) is 19.0. The van der Waals surface area contributed by atoms with E-state index in [2.05, 4.69) is 15.4 Å². The van der Waals surface area contributed by atoms with Crippen molar-refractivity contribution in [2.45, 2.75) is 37.8 Å². The molecule has 7 nitrogen and oxygen atoms in total. The largest absolute Gasteiger partial charge is 0.389 e. The number of halogens is 3. The molecular weight excluding hydrogens is 363 g/mol. The van der Waals surface area contributed by atoms with Crippen LogP contribution < -0.4 is 10.2 Å². The van der Waals surface area contributed by atoms with Crippen molar-refractivity contribution in [1.29, 1.82) is 0 Å². The van der Waals surface area contributed by atoms with Crippen LogP contribution in [-0.2, 0) is 4.74 Å². The molecule has 2 aromatic rings. The van der Waals surface area contributed by atoms with E-state index in [1.807, 2.05) is 4.90 Å². The molecule has 0 unspecified atom stereocenters. The smallest absolute Gasteiger partial charge is 0.241 e. The topological polar surface area (TPSA) is 74.9 Å². The molecule has 10 heteroatoms. The first-order chi connectivity index (χ1) is 13.0. The van der Waals surface area contributed by atoms with E-state index < -0.39 is 18.3 Å². The number of hydrogen-bond acceptors (Lipinski definition) is 6. The average Bonchev–Trinajstić information content (AvgIpc) is 3.21. The van der Waals surface area contributed by atoms with Gasteiger partial charge in [0, 0.05) is 32.2 Å². The third kappa shape index (κ3) is 3.81. The molecule has 0 aromatic carbocycles. The number of fused-ring (bicyclic) bond motifs is 1. The number of rotatable bonds is 5.